The molecule has 3 fully saturated rings. The number of oxazole rings is 1. The van der Waals surface area contributed by atoms with Gasteiger partial charge >= 0.3 is 0 Å². The molecule has 0 saturated carbocycles. The molecule has 12 nitrogen and oxygen atoms in total. The normalized spacial score (nSPS) is 21.3. The van der Waals surface area contributed by atoms with Gasteiger partial charge in [0.1, 0.15) is 11.6 Å². The number of aryl methyl sites for hydroxylation is 1. The summed E-state index contributed by atoms with van der Waals surface area (Å²) in [6, 6.07) is 7.81. The van der Waals surface area contributed by atoms with Gasteiger partial charge in [-0.25, -0.2) is 9.97 Å². The first kappa shape index (κ1) is 23.1. The van der Waals surface area contributed by atoms with Gasteiger partial charge in [-0.2, -0.15) is 10.1 Å². The lowest BCUT2D eigenvalue weighted by atomic mass is 10.0. The largest absolute Gasteiger partial charge is 0.422 e. The van der Waals surface area contributed by atoms with Crippen LogP contribution >= 0.6 is 0 Å². The number of nitrogens with one attached hydrogen (secondary N) is 2. The lowest BCUT2D eigenvalue weighted by Gasteiger charge is -2.24. The molecule has 3 saturated heterocycles. The predicted octanol–water partition coefficient (Wildman–Crippen LogP) is 1.76. The number of carbonyl (C=O) groups excluding carboxylic acids is 1. The van der Waals surface area contributed by atoms with Gasteiger partial charge in [-0.3, -0.25) is 9.48 Å². The smallest absolute Gasteiger partial charge is 0.300 e. The maximum atomic E-state index is 13.7. The van der Waals surface area contributed by atoms with E-state index in [1.807, 2.05) is 30.3 Å². The lowest BCUT2D eigenvalue weighted by Crippen LogP contribution is -2.36. The summed E-state index contributed by atoms with van der Waals surface area (Å²) in [7, 11) is 1.86. The topological polar surface area (TPSA) is 126 Å². The quantitative estimate of drug-likeness (QED) is 0.406. The minimum Gasteiger partial charge on any atom is -0.422 e. The fourth-order valence-corrected chi connectivity index (χ4v) is 5.57. The Bertz CT molecular complexity index is 1480. The molecule has 1 amide bonds. The standard InChI is InChI=1S/C26H29N9O3/c1-33-13-18(12-28-33)20-3-2-4-22(29-20)30-25(36)19-9-21-23(32-26(38-21)34-5-7-37-8-6-34)31-24(19)35-14-16-10-27-11-17(16)15-35/h2-4,9,12-13,16-17,27H,5-8,10-11,14-15H2,1H3,(H,29,30,36). The van der Waals surface area contributed by atoms with Crippen molar-refractivity contribution in [3.05, 3.63) is 42.2 Å². The molecule has 38 heavy (non-hydrogen) atoms. The molecule has 196 valence electrons. The number of anilines is 3. The van der Waals surface area contributed by atoms with E-state index in [0.717, 1.165) is 37.4 Å². The first-order valence-electron chi connectivity index (χ1n) is 13.0. The molecule has 4 aromatic heterocycles. The van der Waals surface area contributed by atoms with Crippen LogP contribution in [0, 0.1) is 11.8 Å². The number of ether oxygens (including phenoxy) is 1. The third-order valence-corrected chi connectivity index (χ3v) is 7.56. The summed E-state index contributed by atoms with van der Waals surface area (Å²) in [5.74, 6) is 1.89. The number of aromatic nitrogens is 5. The summed E-state index contributed by atoms with van der Waals surface area (Å²) < 4.78 is 13.3. The molecule has 2 atom stereocenters. The van der Waals surface area contributed by atoms with Gasteiger partial charge in [-0.1, -0.05) is 6.07 Å². The van der Waals surface area contributed by atoms with Crippen molar-refractivity contribution < 1.29 is 13.9 Å². The number of carbonyl (C=O) groups is 1. The zero-order valence-electron chi connectivity index (χ0n) is 21.1. The number of hydrogen-bond acceptors (Lipinski definition) is 10. The Hall–Kier alpha value is -4.03. The van der Waals surface area contributed by atoms with Gasteiger partial charge in [0.05, 0.1) is 30.7 Å². The Morgan fingerprint density at radius 1 is 1.08 bits per heavy atom. The van der Waals surface area contributed by atoms with Crippen molar-refractivity contribution in [2.45, 2.75) is 0 Å². The highest BCUT2D eigenvalue weighted by molar-refractivity contribution is 6.08. The van der Waals surface area contributed by atoms with Crippen LogP contribution < -0.4 is 20.4 Å². The molecule has 7 heterocycles. The molecule has 4 aromatic rings. The van der Waals surface area contributed by atoms with Gasteiger partial charge in [-0.05, 0) is 24.0 Å². The van der Waals surface area contributed by atoms with Crippen LogP contribution in [0.1, 0.15) is 10.4 Å². The first-order valence-corrected chi connectivity index (χ1v) is 13.0. The molecule has 0 aromatic carbocycles. The number of morpholine rings is 1. The van der Waals surface area contributed by atoms with Gasteiger partial charge in [0.15, 0.2) is 5.58 Å². The summed E-state index contributed by atoms with van der Waals surface area (Å²) in [6.07, 6.45) is 3.64. The molecule has 0 aliphatic carbocycles. The fraction of sp³-hybridized carbons (Fsp3) is 0.423. The minimum atomic E-state index is -0.287. The second-order valence-electron chi connectivity index (χ2n) is 10.1. The highest BCUT2D eigenvalue weighted by atomic mass is 16.5. The molecule has 3 aliphatic heterocycles. The van der Waals surface area contributed by atoms with Crippen molar-refractivity contribution in [1.29, 1.82) is 0 Å². The van der Waals surface area contributed by atoms with E-state index in [1.165, 1.54) is 0 Å². The van der Waals surface area contributed by atoms with Gasteiger partial charge in [0.2, 0.25) is 5.65 Å². The van der Waals surface area contributed by atoms with Crippen molar-refractivity contribution >= 4 is 34.8 Å². The van der Waals surface area contributed by atoms with E-state index >= 15 is 0 Å². The van der Waals surface area contributed by atoms with E-state index in [4.69, 9.17) is 14.1 Å². The number of amides is 1. The van der Waals surface area contributed by atoms with Crippen LogP contribution in [-0.4, -0.2) is 83.1 Å². The summed E-state index contributed by atoms with van der Waals surface area (Å²) in [5.41, 5.74) is 3.05. The molecule has 0 spiro atoms. The lowest BCUT2D eigenvalue weighted by molar-refractivity contribution is 0.102. The van der Waals surface area contributed by atoms with E-state index < -0.39 is 0 Å². The Balaban J connectivity index is 1.23. The number of pyridine rings is 2. The molecule has 0 bridgehead atoms. The summed E-state index contributed by atoms with van der Waals surface area (Å²) in [5, 5.41) is 10.7. The molecular formula is C26H29N9O3. The van der Waals surface area contributed by atoms with Crippen molar-refractivity contribution in [2.75, 3.05) is 67.6 Å². The summed E-state index contributed by atoms with van der Waals surface area (Å²) in [6.45, 7) is 6.32. The van der Waals surface area contributed by atoms with Crippen molar-refractivity contribution in [3.8, 4) is 11.3 Å². The van der Waals surface area contributed by atoms with Crippen molar-refractivity contribution in [2.24, 2.45) is 18.9 Å². The first-order chi connectivity index (χ1) is 18.6. The third-order valence-electron chi connectivity index (χ3n) is 7.56. The van der Waals surface area contributed by atoms with Gasteiger partial charge < -0.3 is 29.6 Å². The van der Waals surface area contributed by atoms with Crippen LogP contribution in [-0.2, 0) is 11.8 Å². The molecule has 12 heteroatoms. The third kappa shape index (κ3) is 4.25. The highest BCUT2D eigenvalue weighted by Crippen LogP contribution is 2.34. The number of nitrogens with zero attached hydrogens (tertiary/aromatic N) is 7. The maximum absolute atomic E-state index is 13.7. The fourth-order valence-electron chi connectivity index (χ4n) is 5.57. The molecule has 7 rings (SSSR count). The Morgan fingerprint density at radius 2 is 1.89 bits per heavy atom. The van der Waals surface area contributed by atoms with Crippen molar-refractivity contribution in [3.63, 3.8) is 0 Å². The monoisotopic (exact) mass is 515 g/mol. The molecule has 2 unspecified atom stereocenters. The second kappa shape index (κ2) is 9.37. The van der Waals surface area contributed by atoms with Crippen molar-refractivity contribution in [1.82, 2.24) is 30.0 Å². The Morgan fingerprint density at radius 3 is 2.66 bits per heavy atom. The minimum absolute atomic E-state index is 0.287. The van der Waals surface area contributed by atoms with Crippen LogP contribution in [0.25, 0.3) is 22.5 Å². The van der Waals surface area contributed by atoms with Crippen LogP contribution in [0.15, 0.2) is 41.1 Å². The molecule has 3 aliphatic rings. The zero-order valence-corrected chi connectivity index (χ0v) is 21.1. The highest BCUT2D eigenvalue weighted by Gasteiger charge is 2.38. The average molecular weight is 516 g/mol. The zero-order chi connectivity index (χ0) is 25.6. The van der Waals surface area contributed by atoms with E-state index in [1.54, 1.807) is 23.0 Å². The Kier molecular flexibility index (Phi) is 5.70. The van der Waals surface area contributed by atoms with Crippen LogP contribution in [0.5, 0.6) is 0 Å². The number of fused-ring (bicyclic) bond motifs is 2. The van der Waals surface area contributed by atoms with E-state index in [-0.39, 0.29) is 5.91 Å². The van der Waals surface area contributed by atoms with E-state index in [9.17, 15) is 4.79 Å². The van der Waals surface area contributed by atoms with Gasteiger partial charge in [0, 0.05) is 64.1 Å². The molecular weight excluding hydrogens is 486 g/mol. The summed E-state index contributed by atoms with van der Waals surface area (Å²) in [4.78, 5) is 32.2. The van der Waals surface area contributed by atoms with Crippen LogP contribution in [0.4, 0.5) is 17.7 Å². The van der Waals surface area contributed by atoms with E-state index in [2.05, 4.69) is 30.6 Å². The second-order valence-corrected chi connectivity index (χ2v) is 10.1. The molecule has 0 radical (unpaired) electrons. The van der Waals surface area contributed by atoms with Crippen LogP contribution in [0.2, 0.25) is 0 Å². The van der Waals surface area contributed by atoms with Gasteiger partial charge in [0.25, 0.3) is 11.9 Å². The van der Waals surface area contributed by atoms with E-state index in [0.29, 0.717) is 72.6 Å². The van der Waals surface area contributed by atoms with Gasteiger partial charge in [-0.15, -0.1) is 0 Å². The molecule has 2 N–H and O–H groups in total. The average Bonchev–Trinajstić information content (AvgIpc) is 3.72. The maximum Gasteiger partial charge on any atom is 0.300 e. The van der Waals surface area contributed by atoms with Crippen LogP contribution in [0.3, 0.4) is 0 Å². The Labute approximate surface area is 219 Å². The predicted molar refractivity (Wildman–Crippen MR) is 141 cm³/mol. The summed E-state index contributed by atoms with van der Waals surface area (Å²) >= 11 is 0. The number of rotatable bonds is 5. The number of hydrogen-bond donors (Lipinski definition) is 2. The SMILES string of the molecule is Cn1cc(-c2cccc(NC(=O)c3cc4oc(N5CCOCC5)nc4nc3N3CC4CNCC4C3)n2)cn1.